The van der Waals surface area contributed by atoms with Crippen molar-refractivity contribution in [2.24, 2.45) is 0 Å². The number of rotatable bonds is 3. The van der Waals surface area contributed by atoms with Crippen molar-refractivity contribution in [2.45, 2.75) is 13.5 Å². The third-order valence-corrected chi connectivity index (χ3v) is 3.14. The Hall–Kier alpha value is -1.82. The average molecular weight is 251 g/mol. The first-order chi connectivity index (χ1) is 8.08. The van der Waals surface area contributed by atoms with Crippen LogP contribution in [0.2, 0.25) is 0 Å². The lowest BCUT2D eigenvalue weighted by Crippen LogP contribution is -2.26. The standard InChI is InChI=1S/C11H13N3O2S/c1-7-8(3-4-16-7)5-14(2)10(15)9-6-17-11(12)13-9/h3-4,6H,5H2,1-2H3,(H2,12,13). The molecule has 2 N–H and O–H groups in total. The minimum Gasteiger partial charge on any atom is -0.469 e. The van der Waals surface area contributed by atoms with Crippen molar-refractivity contribution >= 4 is 22.4 Å². The van der Waals surface area contributed by atoms with E-state index in [-0.39, 0.29) is 5.91 Å². The van der Waals surface area contributed by atoms with E-state index in [1.165, 1.54) is 11.3 Å². The number of furan rings is 1. The molecule has 0 saturated carbocycles. The van der Waals surface area contributed by atoms with Gasteiger partial charge in [0.25, 0.3) is 5.91 Å². The SMILES string of the molecule is Cc1occc1CN(C)C(=O)c1csc(N)n1. The minimum absolute atomic E-state index is 0.140. The third kappa shape index (κ3) is 2.47. The van der Waals surface area contributed by atoms with Gasteiger partial charge in [-0.1, -0.05) is 0 Å². The predicted molar refractivity (Wildman–Crippen MR) is 65.8 cm³/mol. The minimum atomic E-state index is -0.140. The number of nitrogens with zero attached hydrogens (tertiary/aromatic N) is 2. The van der Waals surface area contributed by atoms with Crippen molar-refractivity contribution in [1.82, 2.24) is 9.88 Å². The summed E-state index contributed by atoms with van der Waals surface area (Å²) in [4.78, 5) is 17.5. The maximum absolute atomic E-state index is 12.0. The van der Waals surface area contributed by atoms with Gasteiger partial charge in [0.15, 0.2) is 5.13 Å². The fourth-order valence-electron chi connectivity index (χ4n) is 1.48. The van der Waals surface area contributed by atoms with Gasteiger partial charge in [-0.15, -0.1) is 11.3 Å². The van der Waals surface area contributed by atoms with Crippen LogP contribution in [0.3, 0.4) is 0 Å². The van der Waals surface area contributed by atoms with Gasteiger partial charge < -0.3 is 15.1 Å². The van der Waals surface area contributed by atoms with Crippen LogP contribution in [0.4, 0.5) is 5.13 Å². The fraction of sp³-hybridized carbons (Fsp3) is 0.273. The Kier molecular flexibility index (Phi) is 3.14. The van der Waals surface area contributed by atoms with Gasteiger partial charge >= 0.3 is 0 Å². The molecule has 0 unspecified atom stereocenters. The molecule has 0 bridgehead atoms. The van der Waals surface area contributed by atoms with Gasteiger partial charge in [-0.2, -0.15) is 0 Å². The van der Waals surface area contributed by atoms with Crippen molar-refractivity contribution in [3.8, 4) is 0 Å². The molecule has 0 aliphatic heterocycles. The Morgan fingerprint density at radius 2 is 2.41 bits per heavy atom. The molecule has 0 radical (unpaired) electrons. The number of carbonyl (C=O) groups is 1. The highest BCUT2D eigenvalue weighted by atomic mass is 32.1. The lowest BCUT2D eigenvalue weighted by atomic mass is 10.2. The number of anilines is 1. The molecule has 0 atom stereocenters. The van der Waals surface area contributed by atoms with E-state index >= 15 is 0 Å². The topological polar surface area (TPSA) is 72.4 Å². The van der Waals surface area contributed by atoms with Gasteiger partial charge in [-0.25, -0.2) is 4.98 Å². The monoisotopic (exact) mass is 251 g/mol. The van der Waals surface area contributed by atoms with Crippen LogP contribution >= 0.6 is 11.3 Å². The number of carbonyl (C=O) groups excluding carboxylic acids is 1. The van der Waals surface area contributed by atoms with E-state index in [4.69, 9.17) is 10.2 Å². The molecule has 17 heavy (non-hydrogen) atoms. The normalized spacial score (nSPS) is 10.5. The zero-order chi connectivity index (χ0) is 12.4. The molecular weight excluding hydrogens is 238 g/mol. The molecule has 5 nitrogen and oxygen atoms in total. The summed E-state index contributed by atoms with van der Waals surface area (Å²) < 4.78 is 5.18. The quantitative estimate of drug-likeness (QED) is 0.904. The summed E-state index contributed by atoms with van der Waals surface area (Å²) >= 11 is 1.26. The van der Waals surface area contributed by atoms with Crippen LogP contribution in [-0.2, 0) is 6.54 Å². The molecular formula is C11H13N3O2S. The molecule has 6 heteroatoms. The number of hydrogen-bond acceptors (Lipinski definition) is 5. The molecule has 0 aliphatic rings. The Balaban J connectivity index is 2.08. The summed E-state index contributed by atoms with van der Waals surface area (Å²) in [5.74, 6) is 0.681. The molecule has 2 rings (SSSR count). The largest absolute Gasteiger partial charge is 0.469 e. The van der Waals surface area contributed by atoms with Gasteiger partial charge in [-0.3, -0.25) is 4.79 Å². The molecule has 0 aromatic carbocycles. The summed E-state index contributed by atoms with van der Waals surface area (Å²) in [6.45, 7) is 2.37. The maximum atomic E-state index is 12.0. The van der Waals surface area contributed by atoms with E-state index in [0.717, 1.165) is 11.3 Å². The summed E-state index contributed by atoms with van der Waals surface area (Å²) in [6, 6.07) is 1.86. The highest BCUT2D eigenvalue weighted by molar-refractivity contribution is 7.13. The lowest BCUT2D eigenvalue weighted by molar-refractivity contribution is 0.0780. The number of aromatic nitrogens is 1. The number of hydrogen-bond donors (Lipinski definition) is 1. The summed E-state index contributed by atoms with van der Waals surface area (Å²) in [7, 11) is 1.73. The van der Waals surface area contributed by atoms with E-state index in [1.54, 1.807) is 23.6 Å². The first kappa shape index (κ1) is 11.7. The van der Waals surface area contributed by atoms with E-state index in [2.05, 4.69) is 4.98 Å². The van der Waals surface area contributed by atoms with Gasteiger partial charge in [0.2, 0.25) is 0 Å². The number of thiazole rings is 1. The molecule has 0 saturated heterocycles. The molecule has 2 heterocycles. The van der Waals surface area contributed by atoms with Gasteiger partial charge in [0.1, 0.15) is 11.5 Å². The van der Waals surface area contributed by atoms with Crippen LogP contribution in [0.15, 0.2) is 22.1 Å². The van der Waals surface area contributed by atoms with Crippen molar-refractivity contribution in [1.29, 1.82) is 0 Å². The van der Waals surface area contributed by atoms with Crippen molar-refractivity contribution < 1.29 is 9.21 Å². The van der Waals surface area contributed by atoms with Crippen LogP contribution in [0.5, 0.6) is 0 Å². The number of amides is 1. The van der Waals surface area contributed by atoms with Crippen molar-refractivity contribution in [2.75, 3.05) is 12.8 Å². The second kappa shape index (κ2) is 4.58. The molecule has 2 aromatic heterocycles. The number of nitrogens with two attached hydrogens (primary N) is 1. The molecule has 0 spiro atoms. The van der Waals surface area contributed by atoms with E-state index in [0.29, 0.717) is 17.4 Å². The fourth-order valence-corrected chi connectivity index (χ4v) is 2.02. The van der Waals surface area contributed by atoms with Crippen LogP contribution in [-0.4, -0.2) is 22.8 Å². The van der Waals surface area contributed by atoms with Crippen molar-refractivity contribution in [3.05, 3.63) is 34.7 Å². The van der Waals surface area contributed by atoms with Crippen LogP contribution in [0.1, 0.15) is 21.8 Å². The number of nitrogen functional groups attached to an aromatic ring is 1. The van der Waals surface area contributed by atoms with Gasteiger partial charge in [0, 0.05) is 24.5 Å². The predicted octanol–water partition coefficient (Wildman–Crippen LogP) is 1.90. The maximum Gasteiger partial charge on any atom is 0.273 e. The second-order valence-electron chi connectivity index (χ2n) is 3.73. The molecule has 0 fully saturated rings. The third-order valence-electron chi connectivity index (χ3n) is 2.46. The van der Waals surface area contributed by atoms with E-state index in [9.17, 15) is 4.79 Å². The molecule has 1 amide bonds. The number of aryl methyl sites for hydroxylation is 1. The average Bonchev–Trinajstić information content (AvgIpc) is 2.88. The van der Waals surface area contributed by atoms with E-state index in [1.807, 2.05) is 13.0 Å². The van der Waals surface area contributed by atoms with Crippen LogP contribution < -0.4 is 5.73 Å². The Morgan fingerprint density at radius 1 is 1.65 bits per heavy atom. The molecule has 2 aromatic rings. The first-order valence-corrected chi connectivity index (χ1v) is 5.95. The molecule has 90 valence electrons. The highest BCUT2D eigenvalue weighted by Crippen LogP contribution is 2.15. The summed E-state index contributed by atoms with van der Waals surface area (Å²) in [5.41, 5.74) is 6.87. The van der Waals surface area contributed by atoms with Crippen LogP contribution in [0, 0.1) is 6.92 Å². The second-order valence-corrected chi connectivity index (χ2v) is 4.62. The Labute approximate surface area is 103 Å². The van der Waals surface area contributed by atoms with Gasteiger partial charge in [-0.05, 0) is 13.0 Å². The lowest BCUT2D eigenvalue weighted by Gasteiger charge is -2.15. The zero-order valence-corrected chi connectivity index (χ0v) is 10.5. The Bertz CT molecular complexity index is 532. The highest BCUT2D eigenvalue weighted by Gasteiger charge is 2.16. The Morgan fingerprint density at radius 3 is 2.94 bits per heavy atom. The summed E-state index contributed by atoms with van der Waals surface area (Å²) in [6.07, 6.45) is 1.61. The molecule has 0 aliphatic carbocycles. The van der Waals surface area contributed by atoms with Crippen LogP contribution in [0.25, 0.3) is 0 Å². The smallest absolute Gasteiger partial charge is 0.273 e. The summed E-state index contributed by atoms with van der Waals surface area (Å²) in [5, 5.41) is 2.07. The van der Waals surface area contributed by atoms with E-state index < -0.39 is 0 Å². The zero-order valence-electron chi connectivity index (χ0n) is 9.64. The van der Waals surface area contributed by atoms with Gasteiger partial charge in [0.05, 0.1) is 6.26 Å². The van der Waals surface area contributed by atoms with Crippen molar-refractivity contribution in [3.63, 3.8) is 0 Å². The first-order valence-electron chi connectivity index (χ1n) is 5.07.